The minimum Gasteiger partial charge on any atom is -0.356 e. The van der Waals surface area contributed by atoms with Gasteiger partial charge in [-0.3, -0.25) is 0 Å². The molecule has 128 valence electrons. The van der Waals surface area contributed by atoms with Crippen molar-refractivity contribution in [3.63, 3.8) is 0 Å². The van der Waals surface area contributed by atoms with Gasteiger partial charge in [0.1, 0.15) is 5.82 Å². The fourth-order valence-electron chi connectivity index (χ4n) is 3.66. The number of nitrogens with zero attached hydrogens (tertiary/aromatic N) is 3. The summed E-state index contributed by atoms with van der Waals surface area (Å²) in [5, 5.41) is 7.03. The number of thiophene rings is 1. The lowest BCUT2D eigenvalue weighted by molar-refractivity contribution is 0.412. The fraction of sp³-hybridized carbons (Fsp3) is 0.400. The van der Waals surface area contributed by atoms with Gasteiger partial charge < -0.3 is 10.2 Å². The van der Waals surface area contributed by atoms with Crippen LogP contribution in [0.3, 0.4) is 0 Å². The van der Waals surface area contributed by atoms with Crippen LogP contribution in [0.25, 0.3) is 21.6 Å². The Kier molecular flexibility index (Phi) is 3.91. The van der Waals surface area contributed by atoms with E-state index in [4.69, 9.17) is 9.97 Å². The van der Waals surface area contributed by atoms with Crippen molar-refractivity contribution in [2.24, 2.45) is 0 Å². The van der Waals surface area contributed by atoms with Gasteiger partial charge in [0, 0.05) is 30.6 Å². The van der Waals surface area contributed by atoms with Gasteiger partial charge in [-0.15, -0.1) is 11.3 Å². The first-order valence-corrected chi connectivity index (χ1v) is 10.1. The van der Waals surface area contributed by atoms with Crippen LogP contribution in [0.4, 0.5) is 5.82 Å². The Balaban J connectivity index is 1.47. The van der Waals surface area contributed by atoms with Crippen molar-refractivity contribution in [3.05, 3.63) is 41.8 Å². The van der Waals surface area contributed by atoms with Gasteiger partial charge in [0.15, 0.2) is 5.82 Å². The summed E-state index contributed by atoms with van der Waals surface area (Å²) in [4.78, 5) is 13.4. The molecule has 0 bridgehead atoms. The first-order chi connectivity index (χ1) is 12.4. The van der Waals surface area contributed by atoms with E-state index in [2.05, 4.69) is 52.0 Å². The molecule has 2 aromatic heterocycles. The smallest absolute Gasteiger partial charge is 0.172 e. The quantitative estimate of drug-likeness (QED) is 0.770. The van der Waals surface area contributed by atoms with Crippen molar-refractivity contribution in [3.8, 4) is 10.7 Å². The summed E-state index contributed by atoms with van der Waals surface area (Å²) in [5.74, 6) is 1.95. The minimum atomic E-state index is 0.675. The lowest BCUT2D eigenvalue weighted by Crippen LogP contribution is -2.43. The van der Waals surface area contributed by atoms with Crippen LogP contribution in [-0.4, -0.2) is 35.1 Å². The molecule has 1 saturated carbocycles. The van der Waals surface area contributed by atoms with Gasteiger partial charge in [-0.2, -0.15) is 0 Å². The fourth-order valence-corrected chi connectivity index (χ4v) is 4.32. The van der Waals surface area contributed by atoms with Gasteiger partial charge in [0.2, 0.25) is 0 Å². The topological polar surface area (TPSA) is 41.1 Å². The van der Waals surface area contributed by atoms with Gasteiger partial charge in [-0.05, 0) is 49.3 Å². The monoisotopic (exact) mass is 350 g/mol. The molecule has 0 amide bonds. The molecule has 0 radical (unpaired) electrons. The molecule has 3 heterocycles. The normalized spacial score (nSPS) is 18.8. The summed E-state index contributed by atoms with van der Waals surface area (Å²) in [5.41, 5.74) is 1.04. The predicted molar refractivity (Wildman–Crippen MR) is 104 cm³/mol. The molecule has 25 heavy (non-hydrogen) atoms. The predicted octanol–water partition coefficient (Wildman–Crippen LogP) is 4.08. The molecule has 3 aromatic rings. The van der Waals surface area contributed by atoms with E-state index in [0.717, 1.165) is 46.6 Å². The number of piperidine rings is 1. The first kappa shape index (κ1) is 15.3. The lowest BCUT2D eigenvalue weighted by atomic mass is 10.0. The molecule has 0 atom stereocenters. The maximum Gasteiger partial charge on any atom is 0.172 e. The Bertz CT molecular complexity index is 865. The molecule has 2 aliphatic rings. The second-order valence-corrected chi connectivity index (χ2v) is 8.02. The van der Waals surface area contributed by atoms with Gasteiger partial charge in [-0.25, -0.2) is 9.97 Å². The van der Waals surface area contributed by atoms with E-state index in [0.29, 0.717) is 6.04 Å². The average Bonchev–Trinajstić information content (AvgIpc) is 3.30. The molecule has 1 saturated heterocycles. The maximum atomic E-state index is 4.97. The van der Waals surface area contributed by atoms with Crippen LogP contribution in [0, 0.1) is 0 Å². The van der Waals surface area contributed by atoms with E-state index in [1.165, 1.54) is 25.7 Å². The molecule has 1 N–H and O–H groups in total. The Morgan fingerprint density at radius 3 is 2.48 bits per heavy atom. The molecular formula is C20H22N4S. The van der Waals surface area contributed by atoms with Gasteiger partial charge >= 0.3 is 0 Å². The number of benzene rings is 1. The van der Waals surface area contributed by atoms with Crippen LogP contribution < -0.4 is 10.2 Å². The second kappa shape index (κ2) is 6.39. The molecule has 0 unspecified atom stereocenters. The molecule has 4 nitrogen and oxygen atoms in total. The Labute approximate surface area is 151 Å². The summed E-state index contributed by atoms with van der Waals surface area (Å²) in [6.07, 6.45) is 5.12. The zero-order chi connectivity index (χ0) is 16.6. The molecule has 1 aliphatic heterocycles. The number of anilines is 1. The number of hydrogen-bond acceptors (Lipinski definition) is 5. The summed E-state index contributed by atoms with van der Waals surface area (Å²) in [6, 6.07) is 14.0. The van der Waals surface area contributed by atoms with E-state index in [1.54, 1.807) is 11.3 Å². The summed E-state index contributed by atoms with van der Waals surface area (Å²) >= 11 is 1.70. The highest BCUT2D eigenvalue weighted by atomic mass is 32.1. The van der Waals surface area contributed by atoms with Gasteiger partial charge in [-0.1, -0.05) is 18.2 Å². The van der Waals surface area contributed by atoms with Crippen LogP contribution in [0.2, 0.25) is 0 Å². The zero-order valence-corrected chi connectivity index (χ0v) is 15.0. The van der Waals surface area contributed by atoms with Crippen molar-refractivity contribution in [1.82, 2.24) is 15.3 Å². The van der Waals surface area contributed by atoms with E-state index in [1.807, 2.05) is 0 Å². The Morgan fingerprint density at radius 1 is 0.920 bits per heavy atom. The standard InChI is InChI=1S/C20H22N4S/c1-2-5-17-16(4-1)20(23-19(22-17)18-6-3-13-25-18)24-11-9-15(10-12-24)21-14-7-8-14/h1-6,13-15,21H,7-12H2. The lowest BCUT2D eigenvalue weighted by Gasteiger charge is -2.34. The number of fused-ring (bicyclic) bond motifs is 1. The molecule has 0 spiro atoms. The van der Waals surface area contributed by atoms with E-state index >= 15 is 0 Å². The van der Waals surface area contributed by atoms with Crippen LogP contribution in [0.1, 0.15) is 25.7 Å². The third-order valence-electron chi connectivity index (χ3n) is 5.17. The largest absolute Gasteiger partial charge is 0.356 e. The Morgan fingerprint density at radius 2 is 1.72 bits per heavy atom. The highest BCUT2D eigenvalue weighted by molar-refractivity contribution is 7.13. The highest BCUT2D eigenvalue weighted by Crippen LogP contribution is 2.31. The third-order valence-corrected chi connectivity index (χ3v) is 6.03. The first-order valence-electron chi connectivity index (χ1n) is 9.18. The van der Waals surface area contributed by atoms with E-state index in [9.17, 15) is 0 Å². The van der Waals surface area contributed by atoms with Gasteiger partial charge in [0.05, 0.1) is 10.4 Å². The molecule has 1 aliphatic carbocycles. The van der Waals surface area contributed by atoms with Crippen LogP contribution in [0.15, 0.2) is 41.8 Å². The van der Waals surface area contributed by atoms with Crippen molar-refractivity contribution in [2.45, 2.75) is 37.8 Å². The molecular weight excluding hydrogens is 328 g/mol. The summed E-state index contributed by atoms with van der Waals surface area (Å²) < 4.78 is 0. The van der Waals surface area contributed by atoms with Crippen LogP contribution in [-0.2, 0) is 0 Å². The zero-order valence-electron chi connectivity index (χ0n) is 14.2. The number of hydrogen-bond donors (Lipinski definition) is 1. The molecule has 5 heteroatoms. The SMILES string of the molecule is c1csc(-c2nc(N3CCC(NC4CC4)CC3)c3ccccc3n2)c1. The van der Waals surface area contributed by atoms with E-state index in [-0.39, 0.29) is 0 Å². The Hall–Kier alpha value is -1.98. The number of aromatic nitrogens is 2. The molecule has 1 aromatic carbocycles. The average molecular weight is 350 g/mol. The van der Waals surface area contributed by atoms with Crippen molar-refractivity contribution in [1.29, 1.82) is 0 Å². The maximum absolute atomic E-state index is 4.97. The van der Waals surface area contributed by atoms with E-state index < -0.39 is 0 Å². The number of nitrogens with one attached hydrogen (secondary N) is 1. The number of rotatable bonds is 4. The number of para-hydroxylation sites is 1. The van der Waals surface area contributed by atoms with Crippen LogP contribution in [0.5, 0.6) is 0 Å². The second-order valence-electron chi connectivity index (χ2n) is 7.07. The minimum absolute atomic E-state index is 0.675. The van der Waals surface area contributed by atoms with Crippen molar-refractivity contribution < 1.29 is 0 Å². The summed E-state index contributed by atoms with van der Waals surface area (Å²) in [7, 11) is 0. The van der Waals surface area contributed by atoms with Gasteiger partial charge in [0.25, 0.3) is 0 Å². The third kappa shape index (κ3) is 3.14. The van der Waals surface area contributed by atoms with Crippen molar-refractivity contribution >= 4 is 28.1 Å². The molecule has 5 rings (SSSR count). The van der Waals surface area contributed by atoms with Crippen LogP contribution >= 0.6 is 11.3 Å². The van der Waals surface area contributed by atoms with Crippen molar-refractivity contribution in [2.75, 3.05) is 18.0 Å². The highest BCUT2D eigenvalue weighted by Gasteiger charge is 2.28. The molecule has 2 fully saturated rings. The summed E-state index contributed by atoms with van der Waals surface area (Å²) in [6.45, 7) is 2.13.